The van der Waals surface area contributed by atoms with Gasteiger partial charge in [-0.25, -0.2) is 4.39 Å². The highest BCUT2D eigenvalue weighted by molar-refractivity contribution is 9.10. The second-order valence-corrected chi connectivity index (χ2v) is 5.16. The summed E-state index contributed by atoms with van der Waals surface area (Å²) in [7, 11) is 0. The van der Waals surface area contributed by atoms with Gasteiger partial charge in [0.1, 0.15) is 5.82 Å². The summed E-state index contributed by atoms with van der Waals surface area (Å²) in [5.41, 5.74) is 1.71. The molecule has 0 aliphatic carbocycles. The summed E-state index contributed by atoms with van der Waals surface area (Å²) in [6.45, 7) is 1.99. The molecular weight excluding hydrogens is 319 g/mol. The molecule has 0 bridgehead atoms. The molecule has 1 aromatic heterocycles. The van der Waals surface area contributed by atoms with Crippen molar-refractivity contribution in [2.75, 3.05) is 5.32 Å². The van der Waals surface area contributed by atoms with E-state index in [1.165, 1.54) is 12.1 Å². The molecule has 0 spiro atoms. The molecule has 5 heteroatoms. The number of pyridine rings is 1. The molecule has 2 rings (SSSR count). The fourth-order valence-corrected chi connectivity index (χ4v) is 2.53. The molecular formula is C13H11BrClFN2. The van der Waals surface area contributed by atoms with Gasteiger partial charge in [-0.15, -0.1) is 0 Å². The molecule has 0 saturated heterocycles. The molecule has 0 saturated carbocycles. The van der Waals surface area contributed by atoms with E-state index in [2.05, 4.69) is 26.2 Å². The Morgan fingerprint density at radius 1 is 1.44 bits per heavy atom. The number of hydrogen-bond donors (Lipinski definition) is 1. The van der Waals surface area contributed by atoms with Gasteiger partial charge in [-0.05, 0) is 46.6 Å². The van der Waals surface area contributed by atoms with E-state index in [0.29, 0.717) is 15.2 Å². The van der Waals surface area contributed by atoms with Crippen molar-refractivity contribution in [3.63, 3.8) is 0 Å². The third-order valence-electron chi connectivity index (χ3n) is 2.55. The first-order valence-corrected chi connectivity index (χ1v) is 6.56. The Kier molecular flexibility index (Phi) is 4.19. The lowest BCUT2D eigenvalue weighted by atomic mass is 10.1. The molecule has 2 nitrogen and oxygen atoms in total. The number of anilines is 1. The van der Waals surface area contributed by atoms with Gasteiger partial charge in [0, 0.05) is 16.9 Å². The third-order valence-corrected chi connectivity index (χ3v) is 3.48. The van der Waals surface area contributed by atoms with E-state index in [-0.39, 0.29) is 11.9 Å². The molecule has 0 aliphatic heterocycles. The molecule has 1 heterocycles. The maximum absolute atomic E-state index is 13.1. The average molecular weight is 330 g/mol. The topological polar surface area (TPSA) is 24.9 Å². The van der Waals surface area contributed by atoms with E-state index in [1.807, 2.05) is 19.1 Å². The summed E-state index contributed by atoms with van der Waals surface area (Å²) in [5, 5.41) is 3.58. The predicted octanol–water partition coefficient (Wildman–Crippen LogP) is 4.81. The van der Waals surface area contributed by atoms with Gasteiger partial charge >= 0.3 is 0 Å². The zero-order chi connectivity index (χ0) is 13.1. The van der Waals surface area contributed by atoms with E-state index in [1.54, 1.807) is 12.4 Å². The van der Waals surface area contributed by atoms with E-state index < -0.39 is 0 Å². The number of hydrogen-bond acceptors (Lipinski definition) is 2. The summed E-state index contributed by atoms with van der Waals surface area (Å²) in [5.74, 6) is -0.369. The van der Waals surface area contributed by atoms with Crippen LogP contribution in [0.25, 0.3) is 0 Å². The maximum atomic E-state index is 13.1. The Labute approximate surface area is 118 Å². The molecule has 0 aliphatic rings. The van der Waals surface area contributed by atoms with E-state index >= 15 is 0 Å². The van der Waals surface area contributed by atoms with Crippen LogP contribution in [0.3, 0.4) is 0 Å². The van der Waals surface area contributed by atoms with Crippen molar-refractivity contribution >= 4 is 33.2 Å². The number of nitrogens with zero attached hydrogens (tertiary/aromatic N) is 1. The fourth-order valence-electron chi connectivity index (χ4n) is 1.61. The van der Waals surface area contributed by atoms with E-state index in [4.69, 9.17) is 11.6 Å². The Morgan fingerprint density at radius 3 is 2.83 bits per heavy atom. The van der Waals surface area contributed by atoms with Gasteiger partial charge in [-0.1, -0.05) is 17.7 Å². The number of halogens is 3. The minimum Gasteiger partial charge on any atom is -0.376 e. The summed E-state index contributed by atoms with van der Waals surface area (Å²) in [6.07, 6.45) is 3.50. The average Bonchev–Trinajstić information content (AvgIpc) is 2.34. The van der Waals surface area contributed by atoms with Gasteiger partial charge in [0.2, 0.25) is 0 Å². The third kappa shape index (κ3) is 3.00. The monoisotopic (exact) mass is 328 g/mol. The minimum atomic E-state index is -0.369. The molecule has 1 aromatic carbocycles. The smallest absolute Gasteiger partial charge is 0.125 e. The first kappa shape index (κ1) is 13.3. The van der Waals surface area contributed by atoms with Crippen LogP contribution in [0.15, 0.2) is 41.1 Å². The molecule has 1 unspecified atom stereocenters. The minimum absolute atomic E-state index is 0.0259. The van der Waals surface area contributed by atoms with Crippen LogP contribution in [-0.2, 0) is 0 Å². The highest BCUT2D eigenvalue weighted by Crippen LogP contribution is 2.34. The lowest BCUT2D eigenvalue weighted by Gasteiger charge is -2.17. The normalized spacial score (nSPS) is 12.2. The molecule has 0 fully saturated rings. The fraction of sp³-hybridized carbons (Fsp3) is 0.154. The first-order chi connectivity index (χ1) is 8.58. The molecule has 2 aromatic rings. The molecule has 94 valence electrons. The Hall–Kier alpha value is -1.13. The van der Waals surface area contributed by atoms with Gasteiger partial charge in [0.05, 0.1) is 16.8 Å². The maximum Gasteiger partial charge on any atom is 0.125 e. The van der Waals surface area contributed by atoms with Gasteiger partial charge < -0.3 is 5.32 Å². The summed E-state index contributed by atoms with van der Waals surface area (Å²) in [6, 6.07) is 6.53. The van der Waals surface area contributed by atoms with Crippen molar-refractivity contribution in [1.82, 2.24) is 4.98 Å². The second-order valence-electron chi connectivity index (χ2n) is 3.90. The van der Waals surface area contributed by atoms with Crippen LogP contribution < -0.4 is 5.32 Å². The molecule has 1 N–H and O–H groups in total. The number of nitrogens with one attached hydrogen (secondary N) is 1. The number of benzene rings is 1. The molecule has 18 heavy (non-hydrogen) atoms. The predicted molar refractivity (Wildman–Crippen MR) is 75.4 cm³/mol. The van der Waals surface area contributed by atoms with Gasteiger partial charge in [0.15, 0.2) is 0 Å². The van der Waals surface area contributed by atoms with Crippen LogP contribution in [0, 0.1) is 5.82 Å². The van der Waals surface area contributed by atoms with Crippen LogP contribution in [0.1, 0.15) is 18.5 Å². The highest BCUT2D eigenvalue weighted by Gasteiger charge is 2.12. The Morgan fingerprint density at radius 2 is 2.22 bits per heavy atom. The van der Waals surface area contributed by atoms with Gasteiger partial charge in [-0.3, -0.25) is 4.98 Å². The van der Waals surface area contributed by atoms with Gasteiger partial charge in [0.25, 0.3) is 0 Å². The first-order valence-electron chi connectivity index (χ1n) is 5.39. The molecule has 0 radical (unpaired) electrons. The van der Waals surface area contributed by atoms with Crippen molar-refractivity contribution in [2.45, 2.75) is 13.0 Å². The lowest BCUT2D eigenvalue weighted by Crippen LogP contribution is -2.08. The van der Waals surface area contributed by atoms with Crippen LogP contribution >= 0.6 is 27.5 Å². The van der Waals surface area contributed by atoms with Crippen LogP contribution in [0.5, 0.6) is 0 Å². The van der Waals surface area contributed by atoms with Gasteiger partial charge in [-0.2, -0.15) is 0 Å². The second kappa shape index (κ2) is 5.67. The van der Waals surface area contributed by atoms with Crippen molar-refractivity contribution in [1.29, 1.82) is 0 Å². The molecule has 1 atom stereocenters. The Balaban J connectivity index is 2.25. The largest absolute Gasteiger partial charge is 0.376 e. The zero-order valence-electron chi connectivity index (χ0n) is 9.62. The van der Waals surface area contributed by atoms with Crippen LogP contribution in [0.4, 0.5) is 10.1 Å². The van der Waals surface area contributed by atoms with Crippen molar-refractivity contribution in [3.8, 4) is 0 Å². The highest BCUT2D eigenvalue weighted by atomic mass is 79.9. The SMILES string of the molecule is CC(Nc1c(Cl)cc(F)cc1Br)c1cccnc1. The zero-order valence-corrected chi connectivity index (χ0v) is 12.0. The number of aromatic nitrogens is 1. The summed E-state index contributed by atoms with van der Waals surface area (Å²) < 4.78 is 13.7. The molecule has 0 amide bonds. The van der Waals surface area contributed by atoms with Crippen LogP contribution in [-0.4, -0.2) is 4.98 Å². The van der Waals surface area contributed by atoms with Crippen molar-refractivity contribution in [3.05, 3.63) is 57.5 Å². The standard InChI is InChI=1S/C13H11BrClFN2/c1-8(9-3-2-4-17-7-9)18-13-11(14)5-10(16)6-12(13)15/h2-8,18H,1H3. The van der Waals surface area contributed by atoms with E-state index in [0.717, 1.165) is 5.56 Å². The van der Waals surface area contributed by atoms with E-state index in [9.17, 15) is 4.39 Å². The van der Waals surface area contributed by atoms with Crippen molar-refractivity contribution in [2.24, 2.45) is 0 Å². The summed E-state index contributed by atoms with van der Waals surface area (Å²) >= 11 is 9.31. The quantitative estimate of drug-likeness (QED) is 0.874. The Bertz CT molecular complexity index is 525. The number of rotatable bonds is 3. The van der Waals surface area contributed by atoms with Crippen molar-refractivity contribution < 1.29 is 4.39 Å². The lowest BCUT2D eigenvalue weighted by molar-refractivity contribution is 0.627. The van der Waals surface area contributed by atoms with Crippen LogP contribution in [0.2, 0.25) is 5.02 Å². The summed E-state index contributed by atoms with van der Waals surface area (Å²) in [4.78, 5) is 4.06.